The van der Waals surface area contributed by atoms with Gasteiger partial charge in [-0.3, -0.25) is 0 Å². The summed E-state index contributed by atoms with van der Waals surface area (Å²) in [7, 11) is -3.81. The van der Waals surface area contributed by atoms with Crippen molar-refractivity contribution >= 4 is 10.0 Å². The summed E-state index contributed by atoms with van der Waals surface area (Å²) in [5, 5.41) is 0. The first-order valence-corrected chi connectivity index (χ1v) is 7.13. The van der Waals surface area contributed by atoms with Crippen LogP contribution in [0.15, 0.2) is 0 Å². The first-order valence-electron chi connectivity index (χ1n) is 5.52. The van der Waals surface area contributed by atoms with Crippen LogP contribution in [0.25, 0.3) is 0 Å². The molecule has 0 aromatic rings. The molecule has 1 saturated carbocycles. The monoisotopic (exact) mass is 274 g/mol. The lowest BCUT2D eigenvalue weighted by molar-refractivity contribution is -0.137. The van der Waals surface area contributed by atoms with Crippen molar-refractivity contribution in [3.05, 3.63) is 0 Å². The van der Waals surface area contributed by atoms with Crippen molar-refractivity contribution < 1.29 is 21.6 Å². The van der Waals surface area contributed by atoms with Crippen LogP contribution in [0.4, 0.5) is 13.2 Å². The number of halogens is 3. The first-order chi connectivity index (χ1) is 7.76. The largest absolute Gasteiger partial charge is 0.402 e. The summed E-state index contributed by atoms with van der Waals surface area (Å²) in [6.45, 7) is -1.03. The van der Waals surface area contributed by atoms with Crippen molar-refractivity contribution in [2.24, 2.45) is 5.73 Å². The number of sulfonamides is 1. The van der Waals surface area contributed by atoms with E-state index in [-0.39, 0.29) is 5.75 Å². The van der Waals surface area contributed by atoms with Crippen LogP contribution in [0.3, 0.4) is 0 Å². The molecular formula is C9H17F3N2O2S. The van der Waals surface area contributed by atoms with E-state index < -0.39 is 28.8 Å². The maximum absolute atomic E-state index is 12.3. The molecule has 0 unspecified atom stereocenters. The zero-order valence-corrected chi connectivity index (χ0v) is 10.2. The Hall–Kier alpha value is -0.340. The fourth-order valence-electron chi connectivity index (χ4n) is 1.54. The fraction of sp³-hybridized carbons (Fsp3) is 1.00. The van der Waals surface area contributed by atoms with Crippen molar-refractivity contribution in [1.82, 2.24) is 4.31 Å². The molecule has 17 heavy (non-hydrogen) atoms. The highest BCUT2D eigenvalue weighted by atomic mass is 32.2. The topological polar surface area (TPSA) is 63.4 Å². The molecule has 0 heterocycles. The van der Waals surface area contributed by atoms with E-state index in [1.165, 1.54) is 0 Å². The molecule has 1 rings (SSSR count). The van der Waals surface area contributed by atoms with Gasteiger partial charge in [0.2, 0.25) is 10.0 Å². The Morgan fingerprint density at radius 2 is 1.82 bits per heavy atom. The summed E-state index contributed by atoms with van der Waals surface area (Å²) in [5.74, 6) is -0.253. The average Bonchev–Trinajstić information content (AvgIpc) is 2.96. The summed E-state index contributed by atoms with van der Waals surface area (Å²) in [6, 6.07) is -0.459. The molecule has 102 valence electrons. The summed E-state index contributed by atoms with van der Waals surface area (Å²) < 4.78 is 61.0. The lowest BCUT2D eigenvalue weighted by Gasteiger charge is -2.23. The molecule has 0 aromatic carbocycles. The minimum absolute atomic E-state index is 0.253. The van der Waals surface area contributed by atoms with Gasteiger partial charge in [0.1, 0.15) is 6.54 Å². The zero-order chi connectivity index (χ0) is 13.1. The van der Waals surface area contributed by atoms with E-state index in [0.29, 0.717) is 36.5 Å². The van der Waals surface area contributed by atoms with E-state index in [1.807, 2.05) is 0 Å². The van der Waals surface area contributed by atoms with E-state index in [9.17, 15) is 21.6 Å². The van der Waals surface area contributed by atoms with E-state index >= 15 is 0 Å². The van der Waals surface area contributed by atoms with Crippen molar-refractivity contribution in [1.29, 1.82) is 0 Å². The van der Waals surface area contributed by atoms with E-state index in [2.05, 4.69) is 0 Å². The molecule has 1 aliphatic carbocycles. The van der Waals surface area contributed by atoms with Gasteiger partial charge in [0.25, 0.3) is 0 Å². The summed E-state index contributed by atoms with van der Waals surface area (Å²) in [6.07, 6.45) is -2.63. The predicted molar refractivity (Wildman–Crippen MR) is 57.9 cm³/mol. The third-order valence-corrected chi connectivity index (χ3v) is 4.45. The lowest BCUT2D eigenvalue weighted by atomic mass is 10.3. The second-order valence-electron chi connectivity index (χ2n) is 4.20. The molecule has 0 radical (unpaired) electrons. The van der Waals surface area contributed by atoms with Gasteiger partial charge in [0.15, 0.2) is 0 Å². The van der Waals surface area contributed by atoms with Gasteiger partial charge in [0, 0.05) is 6.04 Å². The number of hydrogen-bond donors (Lipinski definition) is 1. The Bertz CT molecular complexity index is 339. The van der Waals surface area contributed by atoms with Crippen LogP contribution in [-0.4, -0.2) is 43.8 Å². The van der Waals surface area contributed by atoms with Crippen LogP contribution >= 0.6 is 0 Å². The number of rotatable bonds is 7. The van der Waals surface area contributed by atoms with Crippen molar-refractivity contribution in [2.75, 3.05) is 18.8 Å². The third kappa shape index (κ3) is 5.22. The van der Waals surface area contributed by atoms with E-state index in [1.54, 1.807) is 0 Å². The molecule has 8 heteroatoms. The number of unbranched alkanes of at least 4 members (excludes halogenated alkanes) is 1. The first kappa shape index (κ1) is 14.7. The van der Waals surface area contributed by atoms with Gasteiger partial charge < -0.3 is 5.73 Å². The molecule has 0 aromatic heterocycles. The van der Waals surface area contributed by atoms with Gasteiger partial charge >= 0.3 is 6.18 Å². The Kier molecular flexibility index (Phi) is 4.79. The minimum atomic E-state index is -4.48. The molecule has 1 aliphatic rings. The van der Waals surface area contributed by atoms with Crippen molar-refractivity contribution in [2.45, 2.75) is 37.9 Å². The van der Waals surface area contributed by atoms with Crippen LogP contribution < -0.4 is 5.73 Å². The Morgan fingerprint density at radius 3 is 2.24 bits per heavy atom. The van der Waals surface area contributed by atoms with Gasteiger partial charge in [-0.2, -0.15) is 17.5 Å². The second kappa shape index (κ2) is 5.53. The van der Waals surface area contributed by atoms with Gasteiger partial charge in [-0.25, -0.2) is 8.42 Å². The van der Waals surface area contributed by atoms with Crippen LogP contribution in [0, 0.1) is 0 Å². The average molecular weight is 274 g/mol. The highest BCUT2D eigenvalue weighted by molar-refractivity contribution is 7.89. The molecule has 0 atom stereocenters. The standard InChI is InChI=1S/C9H17F3N2O2S/c10-9(11,12)7-14(8-3-4-8)17(15,16)6-2-1-5-13/h8H,1-7,13H2. The number of nitrogens with zero attached hydrogens (tertiary/aromatic N) is 1. The summed E-state index contributed by atoms with van der Waals surface area (Å²) in [5.41, 5.74) is 5.22. The number of nitrogens with two attached hydrogens (primary N) is 1. The van der Waals surface area contributed by atoms with Crippen LogP contribution in [0.1, 0.15) is 25.7 Å². The minimum Gasteiger partial charge on any atom is -0.330 e. The SMILES string of the molecule is NCCCCS(=O)(=O)N(CC(F)(F)F)C1CC1. The maximum atomic E-state index is 12.3. The zero-order valence-electron chi connectivity index (χ0n) is 9.41. The highest BCUT2D eigenvalue weighted by Crippen LogP contribution is 2.32. The predicted octanol–water partition coefficient (Wildman–Crippen LogP) is 1.08. The van der Waals surface area contributed by atoms with E-state index in [4.69, 9.17) is 5.73 Å². The molecule has 2 N–H and O–H groups in total. The van der Waals surface area contributed by atoms with Gasteiger partial charge in [-0.05, 0) is 32.2 Å². The molecule has 0 amide bonds. The smallest absolute Gasteiger partial charge is 0.330 e. The lowest BCUT2D eigenvalue weighted by Crippen LogP contribution is -2.41. The van der Waals surface area contributed by atoms with E-state index in [0.717, 1.165) is 0 Å². The van der Waals surface area contributed by atoms with Crippen LogP contribution in [0.5, 0.6) is 0 Å². The maximum Gasteiger partial charge on any atom is 0.402 e. The summed E-state index contributed by atoms with van der Waals surface area (Å²) >= 11 is 0. The van der Waals surface area contributed by atoms with Gasteiger partial charge in [-0.15, -0.1) is 0 Å². The molecule has 0 spiro atoms. The molecule has 0 saturated heterocycles. The Labute approximate surface area is 99.0 Å². The van der Waals surface area contributed by atoms with Crippen molar-refractivity contribution in [3.63, 3.8) is 0 Å². The Morgan fingerprint density at radius 1 is 1.24 bits per heavy atom. The van der Waals surface area contributed by atoms with Gasteiger partial charge in [0.05, 0.1) is 5.75 Å². The Balaban J connectivity index is 2.62. The molecule has 0 aliphatic heterocycles. The number of hydrogen-bond acceptors (Lipinski definition) is 3. The normalized spacial score (nSPS) is 17.7. The van der Waals surface area contributed by atoms with Gasteiger partial charge in [-0.1, -0.05) is 0 Å². The second-order valence-corrected chi connectivity index (χ2v) is 6.24. The van der Waals surface area contributed by atoms with Crippen molar-refractivity contribution in [3.8, 4) is 0 Å². The number of alkyl halides is 3. The quantitative estimate of drug-likeness (QED) is 0.707. The van der Waals surface area contributed by atoms with Crippen LogP contribution in [-0.2, 0) is 10.0 Å². The third-order valence-electron chi connectivity index (χ3n) is 2.50. The summed E-state index contributed by atoms with van der Waals surface area (Å²) in [4.78, 5) is 0. The fourth-order valence-corrected chi connectivity index (χ4v) is 3.35. The molecule has 4 nitrogen and oxygen atoms in total. The molecule has 1 fully saturated rings. The van der Waals surface area contributed by atoms with Crippen LogP contribution in [0.2, 0.25) is 0 Å². The highest BCUT2D eigenvalue weighted by Gasteiger charge is 2.43. The molecular weight excluding hydrogens is 257 g/mol. The molecule has 0 bridgehead atoms.